The number of halogens is 2. The van der Waals surface area contributed by atoms with Gasteiger partial charge in [0.15, 0.2) is 0 Å². The summed E-state index contributed by atoms with van der Waals surface area (Å²) in [5.41, 5.74) is 2.55. The fourth-order valence-corrected chi connectivity index (χ4v) is 3.80. The molecule has 0 radical (unpaired) electrons. The second-order valence-electron chi connectivity index (χ2n) is 5.18. The quantitative estimate of drug-likeness (QED) is 0.767. The van der Waals surface area contributed by atoms with Gasteiger partial charge in [0, 0.05) is 41.7 Å². The molecule has 98 valence electrons. The van der Waals surface area contributed by atoms with Crippen molar-refractivity contribution in [3.05, 3.63) is 28.2 Å². The Morgan fingerprint density at radius 3 is 3.00 bits per heavy atom. The highest BCUT2D eigenvalue weighted by atomic mass is 79.9. The average molecular weight is 330 g/mol. The molecule has 0 spiro atoms. The second kappa shape index (κ2) is 5.40. The maximum absolute atomic E-state index is 6.08. The summed E-state index contributed by atoms with van der Waals surface area (Å²) in [6, 6.07) is 7.22. The molecule has 2 saturated heterocycles. The zero-order valence-electron chi connectivity index (χ0n) is 10.4. The van der Waals surface area contributed by atoms with Crippen molar-refractivity contribution in [3.8, 4) is 0 Å². The molecule has 2 heterocycles. The van der Waals surface area contributed by atoms with E-state index >= 15 is 0 Å². The van der Waals surface area contributed by atoms with Gasteiger partial charge < -0.3 is 4.90 Å². The average Bonchev–Trinajstić information content (AvgIpc) is 2.85. The Morgan fingerprint density at radius 2 is 2.17 bits per heavy atom. The maximum Gasteiger partial charge on any atom is 0.0494 e. The van der Waals surface area contributed by atoms with Crippen molar-refractivity contribution >= 4 is 33.2 Å². The van der Waals surface area contributed by atoms with E-state index in [0.29, 0.717) is 5.88 Å². The highest BCUT2D eigenvalue weighted by Crippen LogP contribution is 2.30. The van der Waals surface area contributed by atoms with Crippen molar-refractivity contribution in [3.63, 3.8) is 0 Å². The van der Waals surface area contributed by atoms with Gasteiger partial charge in [0.25, 0.3) is 0 Å². The number of rotatable bonds is 2. The molecule has 1 atom stereocenters. The highest BCUT2D eigenvalue weighted by Gasteiger charge is 2.31. The highest BCUT2D eigenvalue weighted by molar-refractivity contribution is 9.10. The molecule has 0 saturated carbocycles. The van der Waals surface area contributed by atoms with Gasteiger partial charge in [-0.1, -0.05) is 15.9 Å². The predicted octanol–water partition coefficient (Wildman–Crippen LogP) is 3.47. The molecular formula is C14H18BrClN2. The van der Waals surface area contributed by atoms with E-state index in [1.54, 1.807) is 0 Å². The van der Waals surface area contributed by atoms with E-state index in [2.05, 4.69) is 43.9 Å². The first kappa shape index (κ1) is 12.8. The van der Waals surface area contributed by atoms with Crippen LogP contribution in [0.5, 0.6) is 0 Å². The van der Waals surface area contributed by atoms with E-state index in [1.807, 2.05) is 0 Å². The predicted molar refractivity (Wildman–Crippen MR) is 80.5 cm³/mol. The fraction of sp³-hybridized carbons (Fsp3) is 0.571. The first-order chi connectivity index (χ1) is 8.78. The van der Waals surface area contributed by atoms with Gasteiger partial charge in [-0.2, -0.15) is 0 Å². The van der Waals surface area contributed by atoms with Gasteiger partial charge in [-0.25, -0.2) is 0 Å². The fourth-order valence-electron chi connectivity index (χ4n) is 3.18. The molecule has 0 bridgehead atoms. The number of hydrogen-bond acceptors (Lipinski definition) is 2. The van der Waals surface area contributed by atoms with Gasteiger partial charge in [0.2, 0.25) is 0 Å². The summed E-state index contributed by atoms with van der Waals surface area (Å²) in [5, 5.41) is 0. The zero-order valence-corrected chi connectivity index (χ0v) is 12.8. The van der Waals surface area contributed by atoms with Crippen LogP contribution in [0.2, 0.25) is 0 Å². The van der Waals surface area contributed by atoms with Crippen molar-refractivity contribution in [1.29, 1.82) is 0 Å². The summed E-state index contributed by atoms with van der Waals surface area (Å²) in [6.45, 7) is 4.78. The van der Waals surface area contributed by atoms with E-state index in [-0.39, 0.29) is 0 Å². The lowest BCUT2D eigenvalue weighted by Crippen LogP contribution is -2.50. The second-order valence-corrected chi connectivity index (χ2v) is 6.37. The Labute approximate surface area is 122 Å². The van der Waals surface area contributed by atoms with Gasteiger partial charge >= 0.3 is 0 Å². The third-order valence-electron chi connectivity index (χ3n) is 4.11. The Hall–Kier alpha value is -0.250. The molecule has 18 heavy (non-hydrogen) atoms. The summed E-state index contributed by atoms with van der Waals surface area (Å²) >= 11 is 9.60. The van der Waals surface area contributed by atoms with Crippen molar-refractivity contribution in [2.75, 3.05) is 31.1 Å². The van der Waals surface area contributed by atoms with Crippen LogP contribution in [0, 0.1) is 0 Å². The van der Waals surface area contributed by atoms with Gasteiger partial charge in [0.05, 0.1) is 0 Å². The molecule has 2 aliphatic rings. The zero-order chi connectivity index (χ0) is 12.5. The van der Waals surface area contributed by atoms with Gasteiger partial charge in [-0.15, -0.1) is 11.6 Å². The van der Waals surface area contributed by atoms with E-state index in [1.165, 1.54) is 37.2 Å². The number of piperazine rings is 1. The molecule has 2 fully saturated rings. The number of benzene rings is 1. The minimum atomic E-state index is 0.583. The molecule has 2 nitrogen and oxygen atoms in total. The molecule has 4 heteroatoms. The summed E-state index contributed by atoms with van der Waals surface area (Å²) in [4.78, 5) is 5.15. The normalized spacial score (nSPS) is 24.3. The van der Waals surface area contributed by atoms with Crippen LogP contribution in [0.25, 0.3) is 0 Å². The third kappa shape index (κ3) is 2.40. The van der Waals surface area contributed by atoms with E-state index < -0.39 is 0 Å². The van der Waals surface area contributed by atoms with E-state index in [9.17, 15) is 0 Å². The molecule has 3 rings (SSSR count). The van der Waals surface area contributed by atoms with Gasteiger partial charge in [-0.3, -0.25) is 4.90 Å². The Bertz CT molecular complexity index is 438. The molecule has 1 aromatic carbocycles. The number of anilines is 1. The van der Waals surface area contributed by atoms with Crippen molar-refractivity contribution in [1.82, 2.24) is 4.90 Å². The topological polar surface area (TPSA) is 6.48 Å². The van der Waals surface area contributed by atoms with Crippen LogP contribution in [0.3, 0.4) is 0 Å². The van der Waals surface area contributed by atoms with Crippen LogP contribution in [-0.4, -0.2) is 37.1 Å². The molecular weight excluding hydrogens is 312 g/mol. The van der Waals surface area contributed by atoms with Gasteiger partial charge in [0.1, 0.15) is 0 Å². The van der Waals surface area contributed by atoms with E-state index in [0.717, 1.165) is 23.6 Å². The third-order valence-corrected chi connectivity index (χ3v) is 4.89. The van der Waals surface area contributed by atoms with Crippen LogP contribution >= 0.6 is 27.5 Å². The largest absolute Gasteiger partial charge is 0.368 e. The number of nitrogens with zero attached hydrogens (tertiary/aromatic N) is 2. The molecule has 0 aliphatic carbocycles. The minimum absolute atomic E-state index is 0.583. The monoisotopic (exact) mass is 328 g/mol. The van der Waals surface area contributed by atoms with E-state index in [4.69, 9.17) is 11.6 Å². The van der Waals surface area contributed by atoms with Crippen molar-refractivity contribution in [2.24, 2.45) is 0 Å². The van der Waals surface area contributed by atoms with Crippen LogP contribution < -0.4 is 4.90 Å². The lowest BCUT2D eigenvalue weighted by molar-refractivity contribution is 0.231. The summed E-state index contributed by atoms with van der Waals surface area (Å²) in [6.07, 6.45) is 2.71. The summed E-state index contributed by atoms with van der Waals surface area (Å²) in [5.74, 6) is 0.583. The standard InChI is InChI=1S/C14H18BrClN2/c15-12-3-4-14(11(8-12)9-16)18-7-6-17-5-1-2-13(17)10-18/h3-4,8,13H,1-2,5-7,9-10H2. The molecule has 0 amide bonds. The summed E-state index contributed by atoms with van der Waals surface area (Å²) in [7, 11) is 0. The minimum Gasteiger partial charge on any atom is -0.368 e. The smallest absolute Gasteiger partial charge is 0.0494 e. The van der Waals surface area contributed by atoms with Gasteiger partial charge in [-0.05, 0) is 43.1 Å². The lowest BCUT2D eigenvalue weighted by Gasteiger charge is -2.39. The number of fused-ring (bicyclic) bond motifs is 1. The molecule has 0 N–H and O–H groups in total. The van der Waals surface area contributed by atoms with Crippen molar-refractivity contribution < 1.29 is 0 Å². The Kier molecular flexibility index (Phi) is 3.83. The van der Waals surface area contributed by atoms with Crippen LogP contribution in [-0.2, 0) is 5.88 Å². The van der Waals surface area contributed by atoms with Crippen LogP contribution in [0.1, 0.15) is 18.4 Å². The first-order valence-electron chi connectivity index (χ1n) is 6.61. The lowest BCUT2D eigenvalue weighted by atomic mass is 10.1. The number of alkyl halides is 1. The van der Waals surface area contributed by atoms with Crippen LogP contribution in [0.4, 0.5) is 5.69 Å². The first-order valence-corrected chi connectivity index (χ1v) is 7.94. The Balaban J connectivity index is 1.82. The SMILES string of the molecule is ClCc1cc(Br)ccc1N1CCN2CCCC2C1. The Morgan fingerprint density at radius 1 is 1.28 bits per heavy atom. The number of hydrogen-bond donors (Lipinski definition) is 0. The maximum atomic E-state index is 6.08. The summed E-state index contributed by atoms with van der Waals surface area (Å²) < 4.78 is 1.11. The van der Waals surface area contributed by atoms with Crippen LogP contribution in [0.15, 0.2) is 22.7 Å². The molecule has 2 aliphatic heterocycles. The molecule has 1 aromatic rings. The molecule has 0 aromatic heterocycles. The molecule has 1 unspecified atom stereocenters. The van der Waals surface area contributed by atoms with Crippen molar-refractivity contribution in [2.45, 2.75) is 24.8 Å².